The summed E-state index contributed by atoms with van der Waals surface area (Å²) in [4.78, 5) is 80.2. The van der Waals surface area contributed by atoms with Crippen LogP contribution in [0.1, 0.15) is 77.7 Å². The predicted octanol–water partition coefficient (Wildman–Crippen LogP) is 4.64. The largest absolute Gasteiger partial charge is 0.453 e. The molecule has 3 unspecified atom stereocenters. The highest BCUT2D eigenvalue weighted by molar-refractivity contribution is 8.12. The molecule has 5 heterocycles. The number of hydrogen-bond acceptors (Lipinski definition) is 11. The van der Waals surface area contributed by atoms with Crippen molar-refractivity contribution in [1.82, 2.24) is 45.5 Å². The van der Waals surface area contributed by atoms with Crippen molar-refractivity contribution in [3.63, 3.8) is 0 Å². The number of thioether (sulfide) groups is 1. The van der Waals surface area contributed by atoms with E-state index in [-0.39, 0.29) is 36.2 Å². The van der Waals surface area contributed by atoms with Crippen molar-refractivity contribution in [2.45, 2.75) is 84.0 Å². The molecule has 4 aliphatic heterocycles. The Morgan fingerprint density at radius 1 is 0.964 bits per heavy atom. The molecule has 5 amide bonds. The summed E-state index contributed by atoms with van der Waals surface area (Å²) in [5, 5.41) is 9.14. The van der Waals surface area contributed by atoms with Gasteiger partial charge < -0.3 is 50.0 Å². The zero-order valence-corrected chi connectivity index (χ0v) is 33.7. The van der Waals surface area contributed by atoms with Gasteiger partial charge in [-0.15, -0.1) is 0 Å². The van der Waals surface area contributed by atoms with Crippen LogP contribution in [0.5, 0.6) is 0 Å². The standard InChI is InChI=1S/C39H51N9O7S/c1-23(2)33(44-38(53)54-7)36(51)48-17-8-10-27(48)34-40-18-26(42-34)24-12-14-25(15-13-24)29-20-46-21-30(45(6)22-32(46)56-29)43-35(50)28-11-9-16-47(28)31(49)19-41-37(52)55-39(3,4)5/h12-15,18,20-23,27-28,33H,8-11,16-17,19H2,1-7H3,(H,40,42)(H,41,52)(H,43,50)(H,44,53). The van der Waals surface area contributed by atoms with Crippen LogP contribution in [0, 0.1) is 5.92 Å². The second-order valence-corrected chi connectivity index (χ2v) is 16.6. The summed E-state index contributed by atoms with van der Waals surface area (Å²) in [6.07, 6.45) is 9.07. The molecule has 0 spiro atoms. The van der Waals surface area contributed by atoms with Gasteiger partial charge in [0.1, 0.15) is 40.9 Å². The molecule has 2 fully saturated rings. The Labute approximate surface area is 331 Å². The summed E-state index contributed by atoms with van der Waals surface area (Å²) in [5.41, 5.74) is 2.11. The fourth-order valence-electron chi connectivity index (χ4n) is 7.06. The van der Waals surface area contributed by atoms with E-state index >= 15 is 0 Å². The number of hydrogen-bond donors (Lipinski definition) is 4. The van der Waals surface area contributed by atoms with E-state index in [4.69, 9.17) is 9.47 Å². The van der Waals surface area contributed by atoms with Gasteiger partial charge in [-0.05, 0) is 63.5 Å². The number of alkyl carbamates (subject to hydrolysis) is 2. The Hall–Kier alpha value is -5.45. The number of carbonyl (C=O) groups excluding carboxylic acids is 5. The van der Waals surface area contributed by atoms with Crippen molar-refractivity contribution < 1.29 is 33.4 Å². The van der Waals surface area contributed by atoms with Gasteiger partial charge in [0.15, 0.2) is 0 Å². The highest BCUT2D eigenvalue weighted by Crippen LogP contribution is 2.44. The normalized spacial score (nSPS) is 19.9. The van der Waals surface area contributed by atoms with Crippen molar-refractivity contribution in [3.8, 4) is 11.3 Å². The molecule has 6 rings (SSSR count). The number of aromatic nitrogens is 2. The van der Waals surface area contributed by atoms with E-state index in [0.29, 0.717) is 37.6 Å². The zero-order valence-electron chi connectivity index (χ0n) is 32.9. The molecule has 0 radical (unpaired) electrons. The van der Waals surface area contributed by atoms with Crippen LogP contribution in [0.4, 0.5) is 9.59 Å². The van der Waals surface area contributed by atoms with Crippen LogP contribution in [-0.4, -0.2) is 111 Å². The smallest absolute Gasteiger partial charge is 0.408 e. The Morgan fingerprint density at radius 3 is 2.36 bits per heavy atom. The van der Waals surface area contributed by atoms with Gasteiger partial charge >= 0.3 is 12.2 Å². The maximum Gasteiger partial charge on any atom is 0.408 e. The molecule has 4 N–H and O–H groups in total. The number of fused-ring (bicyclic) bond motifs is 1. The van der Waals surface area contributed by atoms with E-state index in [2.05, 4.69) is 25.9 Å². The number of aromatic amines is 1. The second-order valence-electron chi connectivity index (χ2n) is 15.5. The Bertz CT molecular complexity index is 1930. The third kappa shape index (κ3) is 9.15. The number of amides is 5. The molecule has 1 aromatic heterocycles. The van der Waals surface area contributed by atoms with Gasteiger partial charge in [0.25, 0.3) is 0 Å². The van der Waals surface area contributed by atoms with E-state index in [1.807, 2.05) is 73.6 Å². The molecule has 0 bridgehead atoms. The lowest BCUT2D eigenvalue weighted by Crippen LogP contribution is -2.51. The van der Waals surface area contributed by atoms with Crippen molar-refractivity contribution in [1.29, 1.82) is 0 Å². The molecule has 1 aromatic carbocycles. The number of methoxy groups -OCH3 is 1. The van der Waals surface area contributed by atoms with Gasteiger partial charge in [-0.2, -0.15) is 0 Å². The topological polar surface area (TPSA) is 182 Å². The van der Waals surface area contributed by atoms with Crippen LogP contribution in [0.25, 0.3) is 16.2 Å². The molecule has 3 atom stereocenters. The molecule has 4 aliphatic rings. The maximum atomic E-state index is 13.5. The summed E-state index contributed by atoms with van der Waals surface area (Å²) in [6.45, 7) is 9.77. The van der Waals surface area contributed by atoms with E-state index < -0.39 is 29.9 Å². The molecular formula is C39H51N9O7S. The minimum absolute atomic E-state index is 0.117. The summed E-state index contributed by atoms with van der Waals surface area (Å²) in [6, 6.07) is 6.56. The molecule has 0 saturated carbocycles. The van der Waals surface area contributed by atoms with E-state index in [1.165, 1.54) is 12.0 Å². The molecule has 56 heavy (non-hydrogen) atoms. The van der Waals surface area contributed by atoms with Crippen molar-refractivity contribution >= 4 is 46.6 Å². The number of imidazole rings is 1. The van der Waals surface area contributed by atoms with Crippen LogP contribution in [0.2, 0.25) is 0 Å². The minimum Gasteiger partial charge on any atom is -0.453 e. The monoisotopic (exact) mass is 789 g/mol. The SMILES string of the molecule is COC(=O)NC(C(=O)N1CCCC1c1ncc(-c2ccc(C3=CN4C=C(NC(=O)C5CCCN5C(=O)CNC(=O)OC(C)(C)C)N(C)C=C4S3)cc2)[nH]1)C(C)C. The molecule has 2 saturated heterocycles. The van der Waals surface area contributed by atoms with Crippen LogP contribution in [0.15, 0.2) is 59.9 Å². The van der Waals surface area contributed by atoms with Crippen LogP contribution < -0.4 is 16.0 Å². The zero-order chi connectivity index (χ0) is 40.3. The van der Waals surface area contributed by atoms with Crippen LogP contribution >= 0.6 is 11.8 Å². The van der Waals surface area contributed by atoms with Crippen molar-refractivity contribution in [2.75, 3.05) is 33.8 Å². The Balaban J connectivity index is 1.07. The van der Waals surface area contributed by atoms with Gasteiger partial charge in [0.05, 0.1) is 31.2 Å². The number of rotatable bonds is 10. The number of nitrogens with one attached hydrogen (secondary N) is 4. The first-order valence-corrected chi connectivity index (χ1v) is 19.7. The first kappa shape index (κ1) is 40.2. The average molecular weight is 790 g/mol. The van der Waals surface area contributed by atoms with Gasteiger partial charge in [-0.3, -0.25) is 14.4 Å². The van der Waals surface area contributed by atoms with Gasteiger partial charge in [-0.25, -0.2) is 14.6 Å². The lowest BCUT2D eigenvalue weighted by Gasteiger charge is -2.30. The number of H-pyrrole nitrogens is 1. The second kappa shape index (κ2) is 16.7. The van der Waals surface area contributed by atoms with Crippen LogP contribution in [0.3, 0.4) is 0 Å². The predicted molar refractivity (Wildman–Crippen MR) is 210 cm³/mol. The fraction of sp³-hybridized carbons (Fsp3) is 0.487. The third-order valence-electron chi connectivity index (χ3n) is 9.90. The van der Waals surface area contributed by atoms with E-state index in [9.17, 15) is 24.0 Å². The Kier molecular flexibility index (Phi) is 12.0. The summed E-state index contributed by atoms with van der Waals surface area (Å²) >= 11 is 1.61. The average Bonchev–Trinajstić information content (AvgIpc) is 3.98. The Morgan fingerprint density at radius 2 is 1.66 bits per heavy atom. The van der Waals surface area contributed by atoms with Crippen molar-refractivity contribution in [2.24, 2.45) is 5.92 Å². The van der Waals surface area contributed by atoms with Crippen LogP contribution in [-0.2, 0) is 23.9 Å². The van der Waals surface area contributed by atoms with E-state index in [0.717, 1.165) is 39.6 Å². The van der Waals surface area contributed by atoms with Gasteiger partial charge in [-0.1, -0.05) is 49.9 Å². The highest BCUT2D eigenvalue weighted by Gasteiger charge is 2.38. The molecule has 17 heteroatoms. The first-order valence-electron chi connectivity index (χ1n) is 18.8. The number of likely N-dealkylation sites (tertiary alicyclic amines) is 2. The lowest BCUT2D eigenvalue weighted by molar-refractivity contribution is -0.137. The summed E-state index contributed by atoms with van der Waals surface area (Å²) < 4.78 is 9.97. The molecule has 0 aliphatic carbocycles. The number of ether oxygens (including phenoxy) is 2. The third-order valence-corrected chi connectivity index (χ3v) is 11.0. The maximum absolute atomic E-state index is 13.5. The lowest BCUT2D eigenvalue weighted by atomic mass is 10.0. The fourth-order valence-corrected chi connectivity index (χ4v) is 8.13. The molecule has 300 valence electrons. The summed E-state index contributed by atoms with van der Waals surface area (Å²) in [5.74, 6) is 0.360. The number of benzene rings is 1. The molecular weight excluding hydrogens is 739 g/mol. The molecule has 16 nitrogen and oxygen atoms in total. The van der Waals surface area contributed by atoms with Gasteiger partial charge in [0.2, 0.25) is 17.7 Å². The highest BCUT2D eigenvalue weighted by atomic mass is 32.2. The number of nitrogens with zero attached hydrogens (tertiary/aromatic N) is 5. The quantitative estimate of drug-likeness (QED) is 0.263. The summed E-state index contributed by atoms with van der Waals surface area (Å²) in [7, 11) is 3.14. The van der Waals surface area contributed by atoms with E-state index in [1.54, 1.807) is 43.6 Å². The number of carbonyl (C=O) groups is 5. The first-order chi connectivity index (χ1) is 26.6. The minimum atomic E-state index is -0.702. The van der Waals surface area contributed by atoms with Crippen molar-refractivity contribution in [3.05, 3.63) is 71.3 Å². The van der Waals surface area contributed by atoms with Gasteiger partial charge in [0, 0.05) is 37.4 Å². The molecule has 2 aromatic rings.